The number of ether oxygens (including phenoxy) is 1. The van der Waals surface area contributed by atoms with E-state index in [1.807, 2.05) is 0 Å². The molecule has 5 nitrogen and oxygen atoms in total. The van der Waals surface area contributed by atoms with E-state index in [0.29, 0.717) is 21.7 Å². The number of rotatable bonds is 5. The monoisotopic (exact) mass is 386 g/mol. The van der Waals surface area contributed by atoms with Gasteiger partial charge in [-0.2, -0.15) is 0 Å². The molecule has 0 aliphatic carbocycles. The molecule has 2 aromatic rings. The molecular weight excluding hydrogens is 369 g/mol. The van der Waals surface area contributed by atoms with Crippen molar-refractivity contribution in [1.29, 1.82) is 0 Å². The third kappa shape index (κ3) is 4.34. The van der Waals surface area contributed by atoms with Crippen molar-refractivity contribution < 1.29 is 27.5 Å². The summed E-state index contributed by atoms with van der Waals surface area (Å²) in [5.41, 5.74) is 5.58. The molecular formula is C17H17F3N2O3S. The fourth-order valence-corrected chi connectivity index (χ4v) is 3.21. The van der Waals surface area contributed by atoms with Crippen LogP contribution >= 0.6 is 11.3 Å². The number of alkyl halides is 3. The Morgan fingerprint density at radius 2 is 1.85 bits per heavy atom. The zero-order valence-corrected chi connectivity index (χ0v) is 15.0. The van der Waals surface area contributed by atoms with Crippen molar-refractivity contribution in [2.75, 3.05) is 5.32 Å². The number of benzene rings is 1. The first kappa shape index (κ1) is 19.8. The summed E-state index contributed by atoms with van der Waals surface area (Å²) in [6.07, 6.45) is -4.79. The van der Waals surface area contributed by atoms with E-state index < -0.39 is 23.6 Å². The average Bonchev–Trinajstić information content (AvgIpc) is 2.98. The Hall–Kier alpha value is -2.55. The van der Waals surface area contributed by atoms with Crippen LogP contribution in [0.2, 0.25) is 0 Å². The molecule has 1 aromatic carbocycles. The number of aryl methyl sites for hydroxylation is 1. The summed E-state index contributed by atoms with van der Waals surface area (Å²) >= 11 is 1.14. The molecule has 1 heterocycles. The molecule has 0 aliphatic rings. The van der Waals surface area contributed by atoms with Crippen LogP contribution in [0.15, 0.2) is 29.6 Å². The molecule has 0 unspecified atom stereocenters. The number of carbonyl (C=O) groups excluding carboxylic acids is 2. The number of amides is 2. The molecule has 3 N–H and O–H groups in total. The lowest BCUT2D eigenvalue weighted by Crippen LogP contribution is -2.36. The van der Waals surface area contributed by atoms with Crippen LogP contribution in [0.1, 0.15) is 34.6 Å². The van der Waals surface area contributed by atoms with Gasteiger partial charge < -0.3 is 15.8 Å². The van der Waals surface area contributed by atoms with Crippen LogP contribution in [0.4, 0.5) is 18.9 Å². The second kappa shape index (κ2) is 6.99. The Morgan fingerprint density at radius 1 is 1.19 bits per heavy atom. The Labute approximate surface area is 152 Å². The zero-order chi connectivity index (χ0) is 19.7. The summed E-state index contributed by atoms with van der Waals surface area (Å²) in [5.74, 6) is -1.42. The SMILES string of the molecule is Cc1cc(OC(F)(F)F)ccc1NC(=O)c1sccc1C(C)(C)C(N)=O. The van der Waals surface area contributed by atoms with Crippen LogP contribution in [0.3, 0.4) is 0 Å². The smallest absolute Gasteiger partial charge is 0.406 e. The summed E-state index contributed by atoms with van der Waals surface area (Å²) in [6, 6.07) is 5.25. The van der Waals surface area contributed by atoms with Gasteiger partial charge in [-0.15, -0.1) is 24.5 Å². The fraction of sp³-hybridized carbons (Fsp3) is 0.294. The highest BCUT2D eigenvalue weighted by molar-refractivity contribution is 7.12. The number of thiophene rings is 1. The van der Waals surface area contributed by atoms with Crippen LogP contribution < -0.4 is 15.8 Å². The van der Waals surface area contributed by atoms with Gasteiger partial charge in [0.05, 0.1) is 10.3 Å². The number of nitrogens with one attached hydrogen (secondary N) is 1. The van der Waals surface area contributed by atoms with E-state index in [1.165, 1.54) is 12.1 Å². The van der Waals surface area contributed by atoms with E-state index in [1.54, 1.807) is 32.2 Å². The Bertz CT molecular complexity index is 844. The number of anilines is 1. The van der Waals surface area contributed by atoms with E-state index >= 15 is 0 Å². The van der Waals surface area contributed by atoms with Crippen LogP contribution in [-0.4, -0.2) is 18.2 Å². The quantitative estimate of drug-likeness (QED) is 0.816. The van der Waals surface area contributed by atoms with Crippen LogP contribution in [0.25, 0.3) is 0 Å². The highest BCUT2D eigenvalue weighted by Gasteiger charge is 2.33. The number of nitrogens with two attached hydrogens (primary N) is 1. The lowest BCUT2D eigenvalue weighted by atomic mass is 9.84. The van der Waals surface area contributed by atoms with Crippen LogP contribution in [0.5, 0.6) is 5.75 Å². The molecule has 0 spiro atoms. The van der Waals surface area contributed by atoms with E-state index in [4.69, 9.17) is 5.73 Å². The highest BCUT2D eigenvalue weighted by atomic mass is 32.1. The molecule has 0 fully saturated rings. The highest BCUT2D eigenvalue weighted by Crippen LogP contribution is 2.32. The summed E-state index contributed by atoms with van der Waals surface area (Å²) in [7, 11) is 0. The van der Waals surface area contributed by atoms with Crippen LogP contribution in [0, 0.1) is 6.92 Å². The first-order valence-electron chi connectivity index (χ1n) is 7.47. The largest absolute Gasteiger partial charge is 0.573 e. The van der Waals surface area contributed by atoms with Gasteiger partial charge >= 0.3 is 6.36 Å². The minimum atomic E-state index is -4.79. The van der Waals surface area contributed by atoms with Gasteiger partial charge in [-0.05, 0) is 61.5 Å². The van der Waals surface area contributed by atoms with Gasteiger partial charge in [0.1, 0.15) is 5.75 Å². The van der Waals surface area contributed by atoms with Crippen molar-refractivity contribution in [1.82, 2.24) is 0 Å². The fourth-order valence-electron chi connectivity index (χ4n) is 2.26. The van der Waals surface area contributed by atoms with Crippen molar-refractivity contribution in [3.8, 4) is 5.75 Å². The minimum Gasteiger partial charge on any atom is -0.406 e. The van der Waals surface area contributed by atoms with Gasteiger partial charge in [0.15, 0.2) is 0 Å². The Kier molecular flexibility index (Phi) is 5.31. The summed E-state index contributed by atoms with van der Waals surface area (Å²) in [5, 5.41) is 4.31. The molecule has 1 aromatic heterocycles. The molecule has 9 heteroatoms. The van der Waals surface area contributed by atoms with Crippen molar-refractivity contribution in [3.63, 3.8) is 0 Å². The van der Waals surface area contributed by atoms with Gasteiger partial charge in [-0.1, -0.05) is 0 Å². The Morgan fingerprint density at radius 3 is 2.38 bits per heavy atom. The molecule has 0 aliphatic heterocycles. The predicted octanol–water partition coefficient (Wildman–Crippen LogP) is 3.97. The molecule has 26 heavy (non-hydrogen) atoms. The van der Waals surface area contributed by atoms with Gasteiger partial charge in [0.25, 0.3) is 5.91 Å². The van der Waals surface area contributed by atoms with Gasteiger partial charge in [0, 0.05) is 5.69 Å². The lowest BCUT2D eigenvalue weighted by molar-refractivity contribution is -0.274. The van der Waals surface area contributed by atoms with E-state index in [9.17, 15) is 22.8 Å². The normalized spacial score (nSPS) is 11.9. The number of carbonyl (C=O) groups is 2. The average molecular weight is 386 g/mol. The van der Waals surface area contributed by atoms with E-state index in [0.717, 1.165) is 17.4 Å². The second-order valence-corrected chi connectivity index (χ2v) is 7.05. The molecule has 0 bridgehead atoms. The first-order chi connectivity index (χ1) is 11.9. The molecule has 140 valence electrons. The maximum Gasteiger partial charge on any atom is 0.573 e. The summed E-state index contributed by atoms with van der Waals surface area (Å²) in [6.45, 7) is 4.77. The maximum absolute atomic E-state index is 12.6. The molecule has 0 saturated heterocycles. The lowest BCUT2D eigenvalue weighted by Gasteiger charge is -2.21. The number of halogens is 3. The summed E-state index contributed by atoms with van der Waals surface area (Å²) < 4.78 is 40.6. The third-order valence-corrected chi connectivity index (χ3v) is 4.75. The van der Waals surface area contributed by atoms with Gasteiger partial charge in [-0.25, -0.2) is 0 Å². The van der Waals surface area contributed by atoms with E-state index in [-0.39, 0.29) is 5.75 Å². The zero-order valence-electron chi connectivity index (χ0n) is 14.2. The molecule has 2 rings (SSSR count). The van der Waals surface area contributed by atoms with Crippen molar-refractivity contribution in [3.05, 3.63) is 45.6 Å². The molecule has 0 radical (unpaired) electrons. The second-order valence-electron chi connectivity index (χ2n) is 6.13. The summed E-state index contributed by atoms with van der Waals surface area (Å²) in [4.78, 5) is 24.5. The van der Waals surface area contributed by atoms with E-state index in [2.05, 4.69) is 10.1 Å². The number of hydrogen-bond acceptors (Lipinski definition) is 4. The van der Waals surface area contributed by atoms with Crippen molar-refractivity contribution >= 4 is 28.8 Å². The standard InChI is InChI=1S/C17H17F3N2O3S/c1-9-8-10(25-17(18,19)20)4-5-12(9)22-14(23)13-11(6-7-26-13)16(2,3)15(21)24/h4-8H,1-3H3,(H2,21,24)(H,22,23). The number of primary amides is 1. The number of hydrogen-bond donors (Lipinski definition) is 2. The predicted molar refractivity (Wildman–Crippen MR) is 92.4 cm³/mol. The van der Waals surface area contributed by atoms with Crippen LogP contribution in [-0.2, 0) is 10.2 Å². The molecule has 0 saturated carbocycles. The Balaban J connectivity index is 2.24. The third-order valence-electron chi connectivity index (χ3n) is 3.84. The maximum atomic E-state index is 12.6. The van der Waals surface area contributed by atoms with Crippen molar-refractivity contribution in [2.45, 2.75) is 32.5 Å². The topological polar surface area (TPSA) is 81.4 Å². The van der Waals surface area contributed by atoms with Crippen molar-refractivity contribution in [2.24, 2.45) is 5.73 Å². The minimum absolute atomic E-state index is 0.309. The van der Waals surface area contributed by atoms with Gasteiger partial charge in [0.2, 0.25) is 5.91 Å². The first-order valence-corrected chi connectivity index (χ1v) is 8.35. The molecule has 2 amide bonds. The molecule has 0 atom stereocenters. The van der Waals surface area contributed by atoms with Gasteiger partial charge in [-0.3, -0.25) is 9.59 Å².